The number of hydrogen-bond acceptors (Lipinski definition) is 6. The van der Waals surface area contributed by atoms with Gasteiger partial charge >= 0.3 is 0 Å². The Balaban J connectivity index is 2.51. The van der Waals surface area contributed by atoms with E-state index in [0.717, 1.165) is 5.56 Å². The number of sulfonamides is 1. The van der Waals surface area contributed by atoms with E-state index in [-0.39, 0.29) is 31.3 Å². The van der Waals surface area contributed by atoms with Crippen LogP contribution >= 0.6 is 7.37 Å². The highest BCUT2D eigenvalue weighted by Gasteiger charge is 2.58. The Labute approximate surface area is 168 Å². The van der Waals surface area contributed by atoms with Gasteiger partial charge in [0.2, 0.25) is 15.6 Å². The van der Waals surface area contributed by atoms with Crippen LogP contribution in [0.25, 0.3) is 0 Å². The standard InChI is InChI=1S/C19H32NO6PS/c1-6-24-19(5,25-7-2)27(21,26-8-3)18-10-9-15-20(18)28(22,23)17-13-11-16(4)12-14-17/h11-14,18H,6-10,15H2,1-5H3/t18-,27+/m1/s1. The molecule has 1 fully saturated rings. The van der Waals surface area contributed by atoms with Gasteiger partial charge in [-0.2, -0.15) is 4.31 Å². The largest absolute Gasteiger partial charge is 0.342 e. The zero-order valence-electron chi connectivity index (χ0n) is 17.4. The first-order valence-electron chi connectivity index (χ1n) is 9.77. The molecule has 0 amide bonds. The minimum Gasteiger partial charge on any atom is -0.342 e. The number of rotatable bonds is 10. The summed E-state index contributed by atoms with van der Waals surface area (Å²) in [5.41, 5.74) is -0.542. The molecule has 2 atom stereocenters. The van der Waals surface area contributed by atoms with Crippen molar-refractivity contribution in [3.63, 3.8) is 0 Å². The molecule has 1 aliphatic heterocycles. The molecular weight excluding hydrogens is 401 g/mol. The monoisotopic (exact) mass is 433 g/mol. The van der Waals surface area contributed by atoms with Crippen LogP contribution in [0, 0.1) is 6.92 Å². The number of benzene rings is 1. The van der Waals surface area contributed by atoms with Crippen molar-refractivity contribution in [2.45, 2.75) is 63.7 Å². The molecule has 1 aromatic rings. The van der Waals surface area contributed by atoms with Gasteiger partial charge in [-0.25, -0.2) is 8.42 Å². The van der Waals surface area contributed by atoms with Crippen molar-refractivity contribution >= 4 is 17.4 Å². The highest BCUT2D eigenvalue weighted by Crippen LogP contribution is 2.67. The van der Waals surface area contributed by atoms with Crippen LogP contribution in [0.2, 0.25) is 0 Å². The lowest BCUT2D eigenvalue weighted by Crippen LogP contribution is -2.44. The van der Waals surface area contributed by atoms with E-state index in [4.69, 9.17) is 14.0 Å². The van der Waals surface area contributed by atoms with E-state index < -0.39 is 28.7 Å². The van der Waals surface area contributed by atoms with Crippen LogP contribution in [0.4, 0.5) is 0 Å². The van der Waals surface area contributed by atoms with Crippen LogP contribution < -0.4 is 0 Å². The second-order valence-corrected chi connectivity index (χ2v) is 11.6. The van der Waals surface area contributed by atoms with Crippen LogP contribution in [0.15, 0.2) is 29.2 Å². The SMILES string of the molecule is CCOC(C)(OCC)[P@@](=O)(OCC)[C@@H]1CCCN1S(=O)(=O)c1ccc(C)cc1. The third-order valence-corrected chi connectivity index (χ3v) is 10.3. The molecule has 0 N–H and O–H groups in total. The normalized spacial score (nSPS) is 21.0. The van der Waals surface area contributed by atoms with Crippen molar-refractivity contribution < 1.29 is 27.0 Å². The summed E-state index contributed by atoms with van der Waals surface area (Å²) in [4.78, 5) is 0.183. The van der Waals surface area contributed by atoms with Crippen LogP contribution in [0.3, 0.4) is 0 Å². The van der Waals surface area contributed by atoms with Crippen molar-refractivity contribution in [2.75, 3.05) is 26.4 Å². The Morgan fingerprint density at radius 1 is 1.11 bits per heavy atom. The summed E-state index contributed by atoms with van der Waals surface area (Å²) in [6.45, 7) is 9.77. The molecule has 28 heavy (non-hydrogen) atoms. The zero-order valence-corrected chi connectivity index (χ0v) is 19.1. The van der Waals surface area contributed by atoms with Gasteiger partial charge in [-0.1, -0.05) is 17.7 Å². The maximum Gasteiger partial charge on any atom is 0.278 e. The molecule has 0 spiro atoms. The van der Waals surface area contributed by atoms with Crippen LogP contribution in [-0.4, -0.2) is 50.4 Å². The Morgan fingerprint density at radius 2 is 1.68 bits per heavy atom. The van der Waals surface area contributed by atoms with Crippen LogP contribution in [0.1, 0.15) is 46.1 Å². The second-order valence-electron chi connectivity index (χ2n) is 6.83. The van der Waals surface area contributed by atoms with Crippen molar-refractivity contribution in [1.29, 1.82) is 0 Å². The summed E-state index contributed by atoms with van der Waals surface area (Å²) < 4.78 is 59.4. The number of aryl methyl sites for hydroxylation is 1. The highest BCUT2D eigenvalue weighted by molar-refractivity contribution is 7.89. The molecule has 2 rings (SSSR count). The summed E-state index contributed by atoms with van der Waals surface area (Å²) in [6, 6.07) is 6.67. The topological polar surface area (TPSA) is 82.1 Å². The molecule has 0 aromatic heterocycles. The van der Waals surface area contributed by atoms with E-state index >= 15 is 0 Å². The average Bonchev–Trinajstić information content (AvgIpc) is 3.14. The fraction of sp³-hybridized carbons (Fsp3) is 0.684. The van der Waals surface area contributed by atoms with Crippen molar-refractivity contribution in [3.8, 4) is 0 Å². The Kier molecular flexibility index (Phi) is 7.87. The first kappa shape index (κ1) is 23.5. The quantitative estimate of drug-likeness (QED) is 0.407. The van der Waals surface area contributed by atoms with E-state index in [0.29, 0.717) is 12.8 Å². The first-order chi connectivity index (χ1) is 13.2. The predicted octanol–water partition coefficient (Wildman–Crippen LogP) is 4.17. The van der Waals surface area contributed by atoms with Gasteiger partial charge in [0.15, 0.2) is 0 Å². The molecule has 9 heteroatoms. The van der Waals surface area contributed by atoms with Gasteiger partial charge in [-0.05, 0) is 59.6 Å². The minimum atomic E-state index is -3.83. The summed E-state index contributed by atoms with van der Waals surface area (Å²) in [6.07, 6.45) is 1.03. The number of hydrogen-bond donors (Lipinski definition) is 0. The van der Waals surface area contributed by atoms with Gasteiger partial charge < -0.3 is 14.0 Å². The fourth-order valence-electron chi connectivity index (χ4n) is 3.61. The lowest BCUT2D eigenvalue weighted by Gasteiger charge is -2.41. The lowest BCUT2D eigenvalue weighted by molar-refractivity contribution is -0.169. The molecule has 0 unspecified atom stereocenters. The molecule has 1 aromatic carbocycles. The number of nitrogens with zero attached hydrogens (tertiary/aromatic N) is 1. The van der Waals surface area contributed by atoms with E-state index in [2.05, 4.69) is 0 Å². The van der Waals surface area contributed by atoms with Gasteiger partial charge in [-0.15, -0.1) is 0 Å². The van der Waals surface area contributed by atoms with E-state index in [1.807, 2.05) is 6.92 Å². The van der Waals surface area contributed by atoms with Gasteiger partial charge in [0.05, 0.1) is 11.5 Å². The molecule has 160 valence electrons. The summed E-state index contributed by atoms with van der Waals surface area (Å²) in [5.74, 6) is -0.832. The van der Waals surface area contributed by atoms with Crippen molar-refractivity contribution in [1.82, 2.24) is 4.31 Å². The highest BCUT2D eigenvalue weighted by atomic mass is 32.2. The molecule has 1 aliphatic rings. The molecular formula is C19H32NO6PS. The second kappa shape index (κ2) is 9.37. The maximum atomic E-state index is 14.2. The third-order valence-electron chi connectivity index (χ3n) is 4.90. The minimum absolute atomic E-state index is 0.169. The smallest absolute Gasteiger partial charge is 0.278 e. The Bertz CT molecular complexity index is 789. The predicted molar refractivity (Wildman–Crippen MR) is 109 cm³/mol. The van der Waals surface area contributed by atoms with Crippen LogP contribution in [0.5, 0.6) is 0 Å². The molecule has 0 aliphatic carbocycles. The lowest BCUT2D eigenvalue weighted by atomic mass is 10.2. The van der Waals surface area contributed by atoms with Crippen molar-refractivity contribution in [3.05, 3.63) is 29.8 Å². The Morgan fingerprint density at radius 3 is 2.18 bits per heavy atom. The zero-order chi connectivity index (χ0) is 21.0. The van der Waals surface area contributed by atoms with E-state index in [9.17, 15) is 13.0 Å². The van der Waals surface area contributed by atoms with Gasteiger partial charge in [0, 0.05) is 19.8 Å². The maximum absolute atomic E-state index is 14.2. The molecule has 1 heterocycles. The molecule has 0 saturated carbocycles. The molecule has 0 bridgehead atoms. The fourth-order valence-corrected chi connectivity index (χ4v) is 8.83. The first-order valence-corrected chi connectivity index (χ1v) is 12.9. The van der Waals surface area contributed by atoms with E-state index in [1.165, 1.54) is 4.31 Å². The molecule has 1 saturated heterocycles. The van der Waals surface area contributed by atoms with Gasteiger partial charge in [0.1, 0.15) is 5.78 Å². The van der Waals surface area contributed by atoms with Gasteiger partial charge in [-0.3, -0.25) is 4.57 Å². The van der Waals surface area contributed by atoms with E-state index in [1.54, 1.807) is 52.0 Å². The summed E-state index contributed by atoms with van der Waals surface area (Å²) >= 11 is 0. The molecule has 7 nitrogen and oxygen atoms in total. The summed E-state index contributed by atoms with van der Waals surface area (Å²) in [7, 11) is -7.53. The molecule has 0 radical (unpaired) electrons. The third kappa shape index (κ3) is 4.37. The summed E-state index contributed by atoms with van der Waals surface area (Å²) in [5, 5.41) is 0. The van der Waals surface area contributed by atoms with Crippen LogP contribution in [-0.2, 0) is 28.6 Å². The average molecular weight is 434 g/mol. The number of ether oxygens (including phenoxy) is 2. The van der Waals surface area contributed by atoms with Gasteiger partial charge in [0.25, 0.3) is 7.37 Å². The Hall–Kier alpha value is -0.760. The van der Waals surface area contributed by atoms with Crippen molar-refractivity contribution in [2.24, 2.45) is 0 Å².